The Morgan fingerprint density at radius 2 is 2.13 bits per heavy atom. The minimum Gasteiger partial charge on any atom is -0.383 e. The number of nitrogens with two attached hydrogens (primary N) is 1. The van der Waals surface area contributed by atoms with E-state index in [0.717, 1.165) is 15.7 Å². The summed E-state index contributed by atoms with van der Waals surface area (Å²) < 4.78 is 0.746. The van der Waals surface area contributed by atoms with Crippen molar-refractivity contribution in [1.29, 1.82) is 0 Å². The Hall–Kier alpha value is -1.49. The first-order chi connectivity index (χ1) is 7.18. The fourth-order valence-corrected chi connectivity index (χ4v) is 1.38. The molecule has 2 aromatic heterocycles. The van der Waals surface area contributed by atoms with Gasteiger partial charge in [-0.1, -0.05) is 0 Å². The van der Waals surface area contributed by atoms with E-state index in [1.165, 1.54) is 0 Å². The first-order valence-corrected chi connectivity index (χ1v) is 5.18. The fourth-order valence-electron chi connectivity index (χ4n) is 1.21. The third-order valence-corrected chi connectivity index (χ3v) is 2.94. The van der Waals surface area contributed by atoms with Crippen LogP contribution in [0.25, 0.3) is 11.4 Å². The summed E-state index contributed by atoms with van der Waals surface area (Å²) in [4.78, 5) is 12.5. The molecule has 0 bridgehead atoms. The van der Waals surface area contributed by atoms with E-state index < -0.39 is 0 Å². The average Bonchev–Trinajstić information content (AvgIpc) is 2.26. The second kappa shape index (κ2) is 3.94. The van der Waals surface area contributed by atoms with E-state index in [-0.39, 0.29) is 0 Å². The Labute approximate surface area is 95.7 Å². The number of halogens is 1. The van der Waals surface area contributed by atoms with E-state index in [1.807, 2.05) is 19.1 Å². The van der Waals surface area contributed by atoms with E-state index in [0.29, 0.717) is 11.6 Å². The first kappa shape index (κ1) is 10.0. The molecule has 0 fully saturated rings. The van der Waals surface area contributed by atoms with Crippen molar-refractivity contribution in [2.75, 3.05) is 5.73 Å². The number of aromatic nitrogens is 3. The Balaban J connectivity index is 2.56. The molecule has 0 radical (unpaired) electrons. The minimum atomic E-state index is 0.446. The molecule has 4 nitrogen and oxygen atoms in total. The summed E-state index contributed by atoms with van der Waals surface area (Å²) in [6.07, 6.45) is 3.42. The van der Waals surface area contributed by atoms with E-state index in [4.69, 9.17) is 5.73 Å². The highest BCUT2D eigenvalue weighted by molar-refractivity contribution is 9.10. The van der Waals surface area contributed by atoms with Crippen LogP contribution in [0.4, 0.5) is 5.82 Å². The quantitative estimate of drug-likeness (QED) is 0.858. The Kier molecular flexibility index (Phi) is 2.64. The van der Waals surface area contributed by atoms with E-state index in [2.05, 4.69) is 30.9 Å². The minimum absolute atomic E-state index is 0.446. The maximum atomic E-state index is 5.74. The summed E-state index contributed by atoms with van der Waals surface area (Å²) >= 11 is 3.32. The first-order valence-electron chi connectivity index (χ1n) is 4.38. The van der Waals surface area contributed by atoms with Gasteiger partial charge in [0.2, 0.25) is 0 Å². The van der Waals surface area contributed by atoms with Gasteiger partial charge in [0.1, 0.15) is 5.82 Å². The summed E-state index contributed by atoms with van der Waals surface area (Å²) in [5, 5.41) is 0. The number of nitrogens with zero attached hydrogens (tertiary/aromatic N) is 3. The van der Waals surface area contributed by atoms with Crippen LogP contribution in [-0.2, 0) is 0 Å². The van der Waals surface area contributed by atoms with Crippen LogP contribution in [0, 0.1) is 6.92 Å². The predicted octanol–water partition coefficient (Wildman–Crippen LogP) is 2.19. The lowest BCUT2D eigenvalue weighted by atomic mass is 10.2. The van der Waals surface area contributed by atoms with Crippen LogP contribution in [0.1, 0.15) is 5.69 Å². The van der Waals surface area contributed by atoms with Crippen LogP contribution >= 0.6 is 15.9 Å². The van der Waals surface area contributed by atoms with Crippen molar-refractivity contribution >= 4 is 21.7 Å². The van der Waals surface area contributed by atoms with E-state index in [9.17, 15) is 0 Å². The smallest absolute Gasteiger partial charge is 0.163 e. The molecule has 2 N–H and O–H groups in total. The second-order valence-electron chi connectivity index (χ2n) is 3.07. The number of anilines is 1. The molecule has 2 aromatic rings. The molecule has 0 unspecified atom stereocenters. The highest BCUT2D eigenvalue weighted by Gasteiger charge is 2.07. The standard InChI is InChI=1S/C10H9BrN4/c1-6-8(11)9(12)15-10(14-6)7-3-2-4-13-5-7/h2-5H,1H3,(H2,12,14,15). The molecular formula is C10H9BrN4. The van der Waals surface area contributed by atoms with Crippen LogP contribution in [0.2, 0.25) is 0 Å². The number of rotatable bonds is 1. The van der Waals surface area contributed by atoms with Gasteiger partial charge in [-0.2, -0.15) is 0 Å². The Morgan fingerprint density at radius 1 is 1.33 bits per heavy atom. The molecule has 15 heavy (non-hydrogen) atoms. The van der Waals surface area contributed by atoms with Gasteiger partial charge in [0.25, 0.3) is 0 Å². The topological polar surface area (TPSA) is 64.7 Å². The van der Waals surface area contributed by atoms with Crippen molar-refractivity contribution < 1.29 is 0 Å². The number of hydrogen-bond acceptors (Lipinski definition) is 4. The fraction of sp³-hybridized carbons (Fsp3) is 0.100. The monoisotopic (exact) mass is 264 g/mol. The van der Waals surface area contributed by atoms with Crippen molar-refractivity contribution in [1.82, 2.24) is 15.0 Å². The summed E-state index contributed by atoms with van der Waals surface area (Å²) in [5.74, 6) is 1.04. The van der Waals surface area contributed by atoms with Crippen molar-refractivity contribution in [3.8, 4) is 11.4 Å². The zero-order chi connectivity index (χ0) is 10.8. The van der Waals surface area contributed by atoms with Gasteiger partial charge in [0.15, 0.2) is 5.82 Å². The second-order valence-corrected chi connectivity index (χ2v) is 3.87. The number of aryl methyl sites for hydroxylation is 1. The predicted molar refractivity (Wildman–Crippen MR) is 62.1 cm³/mol. The highest BCUT2D eigenvalue weighted by Crippen LogP contribution is 2.23. The normalized spacial score (nSPS) is 10.3. The summed E-state index contributed by atoms with van der Waals surface area (Å²) in [6, 6.07) is 3.74. The molecule has 0 saturated carbocycles. The van der Waals surface area contributed by atoms with E-state index >= 15 is 0 Å². The lowest BCUT2D eigenvalue weighted by Gasteiger charge is -2.04. The zero-order valence-electron chi connectivity index (χ0n) is 8.11. The Bertz CT molecular complexity index is 461. The van der Waals surface area contributed by atoms with Crippen LogP contribution in [0.15, 0.2) is 29.0 Å². The van der Waals surface area contributed by atoms with Gasteiger partial charge in [0, 0.05) is 18.0 Å². The van der Waals surface area contributed by atoms with Crippen LogP contribution in [0.3, 0.4) is 0 Å². The van der Waals surface area contributed by atoms with Gasteiger partial charge >= 0.3 is 0 Å². The molecule has 2 heterocycles. The van der Waals surface area contributed by atoms with Gasteiger partial charge in [-0.05, 0) is 35.0 Å². The van der Waals surface area contributed by atoms with Crippen LogP contribution < -0.4 is 5.73 Å². The summed E-state index contributed by atoms with van der Waals surface area (Å²) in [6.45, 7) is 1.88. The molecule has 0 atom stereocenters. The van der Waals surface area contributed by atoms with E-state index in [1.54, 1.807) is 12.4 Å². The molecule has 0 amide bonds. The molecule has 0 aliphatic rings. The summed E-state index contributed by atoms with van der Waals surface area (Å²) in [5.41, 5.74) is 7.42. The highest BCUT2D eigenvalue weighted by atomic mass is 79.9. The van der Waals surface area contributed by atoms with Gasteiger partial charge in [0.05, 0.1) is 10.2 Å². The molecule has 2 rings (SSSR count). The van der Waals surface area contributed by atoms with Gasteiger partial charge in [-0.25, -0.2) is 9.97 Å². The molecule has 76 valence electrons. The van der Waals surface area contributed by atoms with Crippen molar-refractivity contribution in [2.24, 2.45) is 0 Å². The number of nitrogen functional groups attached to an aromatic ring is 1. The largest absolute Gasteiger partial charge is 0.383 e. The van der Waals surface area contributed by atoms with Crippen molar-refractivity contribution in [2.45, 2.75) is 6.92 Å². The van der Waals surface area contributed by atoms with Crippen molar-refractivity contribution in [3.05, 3.63) is 34.7 Å². The SMILES string of the molecule is Cc1nc(-c2cccnc2)nc(N)c1Br. The van der Waals surface area contributed by atoms with Crippen molar-refractivity contribution in [3.63, 3.8) is 0 Å². The lowest BCUT2D eigenvalue weighted by Crippen LogP contribution is -2.00. The summed E-state index contributed by atoms with van der Waals surface area (Å²) in [7, 11) is 0. The molecule has 0 spiro atoms. The van der Waals surface area contributed by atoms with Gasteiger partial charge in [-0.3, -0.25) is 4.98 Å². The molecule has 0 aliphatic carbocycles. The molecular weight excluding hydrogens is 256 g/mol. The molecule has 0 aliphatic heterocycles. The molecule has 0 saturated heterocycles. The maximum absolute atomic E-state index is 5.74. The molecule has 5 heteroatoms. The third kappa shape index (κ3) is 1.97. The number of hydrogen-bond donors (Lipinski definition) is 1. The average molecular weight is 265 g/mol. The maximum Gasteiger partial charge on any atom is 0.163 e. The van der Waals surface area contributed by atoms with Crippen LogP contribution in [-0.4, -0.2) is 15.0 Å². The molecule has 0 aromatic carbocycles. The zero-order valence-corrected chi connectivity index (χ0v) is 9.69. The third-order valence-electron chi connectivity index (χ3n) is 1.96. The van der Waals surface area contributed by atoms with Crippen LogP contribution in [0.5, 0.6) is 0 Å². The van der Waals surface area contributed by atoms with Gasteiger partial charge in [-0.15, -0.1) is 0 Å². The number of pyridine rings is 1. The van der Waals surface area contributed by atoms with Gasteiger partial charge < -0.3 is 5.73 Å². The lowest BCUT2D eigenvalue weighted by molar-refractivity contribution is 1.10. The Morgan fingerprint density at radius 3 is 2.73 bits per heavy atom.